The average molecular weight is 199 g/mol. The van der Waals surface area contributed by atoms with Crippen molar-refractivity contribution < 1.29 is 0 Å². The number of hydrogen-bond donors (Lipinski definition) is 1. The molecule has 1 N–H and O–H groups in total. The van der Waals surface area contributed by atoms with Crippen LogP contribution in [0.3, 0.4) is 0 Å². The van der Waals surface area contributed by atoms with Crippen LogP contribution in [0.2, 0.25) is 0 Å². The van der Waals surface area contributed by atoms with E-state index in [1.807, 2.05) is 0 Å². The first kappa shape index (κ1) is 12.0. The zero-order valence-corrected chi connectivity index (χ0v) is 10.3. The second-order valence-electron chi connectivity index (χ2n) is 5.02. The van der Waals surface area contributed by atoms with Gasteiger partial charge in [-0.3, -0.25) is 0 Å². The molecule has 0 amide bonds. The lowest BCUT2D eigenvalue weighted by molar-refractivity contribution is -0.108. The summed E-state index contributed by atoms with van der Waals surface area (Å²) < 4.78 is 0. The Morgan fingerprint density at radius 1 is 1.21 bits per heavy atom. The summed E-state index contributed by atoms with van der Waals surface area (Å²) in [4.78, 5) is 0. The van der Waals surface area contributed by atoms with E-state index in [1.54, 1.807) is 0 Å². The summed E-state index contributed by atoms with van der Waals surface area (Å²) in [6.45, 7) is 13.5. The number of rotatable bonds is 3. The van der Waals surface area contributed by atoms with Crippen molar-refractivity contribution in [1.82, 2.24) is 15.6 Å². The van der Waals surface area contributed by atoms with Crippen LogP contribution < -0.4 is 5.43 Å². The fraction of sp³-hybridized carbons (Fsp3) is 1.00. The quantitative estimate of drug-likeness (QED) is 0.750. The summed E-state index contributed by atoms with van der Waals surface area (Å²) in [6, 6.07) is 0.636. The molecule has 1 rings (SSSR count). The molecule has 1 saturated heterocycles. The van der Waals surface area contributed by atoms with E-state index in [2.05, 4.69) is 50.2 Å². The van der Waals surface area contributed by atoms with Gasteiger partial charge in [-0.15, -0.1) is 0 Å². The SMILES string of the molecule is CCC(CC)N1NCCN1C(C)(C)C. The summed E-state index contributed by atoms with van der Waals surface area (Å²) in [5.74, 6) is 0. The first-order chi connectivity index (χ1) is 6.50. The molecule has 0 aromatic rings. The smallest absolute Gasteiger partial charge is 0.0397 e. The summed E-state index contributed by atoms with van der Waals surface area (Å²) in [5.41, 5.74) is 3.70. The van der Waals surface area contributed by atoms with Crippen molar-refractivity contribution in [3.8, 4) is 0 Å². The molecule has 0 saturated carbocycles. The van der Waals surface area contributed by atoms with Gasteiger partial charge in [-0.1, -0.05) is 13.8 Å². The molecule has 0 spiro atoms. The Balaban J connectivity index is 2.67. The molecular formula is C11H25N3. The van der Waals surface area contributed by atoms with Crippen LogP contribution in [0.1, 0.15) is 47.5 Å². The van der Waals surface area contributed by atoms with Crippen molar-refractivity contribution in [1.29, 1.82) is 0 Å². The van der Waals surface area contributed by atoms with E-state index in [-0.39, 0.29) is 5.54 Å². The molecule has 14 heavy (non-hydrogen) atoms. The number of hydrogen-bond acceptors (Lipinski definition) is 3. The number of nitrogens with one attached hydrogen (secondary N) is 1. The van der Waals surface area contributed by atoms with E-state index in [1.165, 1.54) is 12.8 Å². The molecule has 0 unspecified atom stereocenters. The Bertz CT molecular complexity index is 170. The third kappa shape index (κ3) is 2.47. The maximum atomic E-state index is 3.47. The van der Waals surface area contributed by atoms with Crippen LogP contribution in [-0.2, 0) is 0 Å². The molecule has 0 aromatic carbocycles. The van der Waals surface area contributed by atoms with E-state index in [0.717, 1.165) is 13.1 Å². The zero-order valence-electron chi connectivity index (χ0n) is 10.3. The fourth-order valence-corrected chi connectivity index (χ4v) is 2.08. The van der Waals surface area contributed by atoms with Crippen molar-refractivity contribution in [3.05, 3.63) is 0 Å². The highest BCUT2D eigenvalue weighted by Crippen LogP contribution is 2.21. The minimum atomic E-state index is 0.228. The van der Waals surface area contributed by atoms with Crippen LogP contribution in [-0.4, -0.2) is 34.8 Å². The van der Waals surface area contributed by atoms with Crippen LogP contribution in [0.15, 0.2) is 0 Å². The lowest BCUT2D eigenvalue weighted by Gasteiger charge is -2.41. The topological polar surface area (TPSA) is 18.5 Å². The Morgan fingerprint density at radius 2 is 1.79 bits per heavy atom. The van der Waals surface area contributed by atoms with Crippen molar-refractivity contribution in [2.24, 2.45) is 0 Å². The average Bonchev–Trinajstić information content (AvgIpc) is 2.54. The summed E-state index contributed by atoms with van der Waals surface area (Å²) in [6.07, 6.45) is 2.41. The van der Waals surface area contributed by atoms with Crippen LogP contribution in [0, 0.1) is 0 Å². The van der Waals surface area contributed by atoms with Gasteiger partial charge in [0.15, 0.2) is 0 Å². The molecular weight excluding hydrogens is 174 g/mol. The Kier molecular flexibility index (Phi) is 3.93. The van der Waals surface area contributed by atoms with E-state index >= 15 is 0 Å². The second-order valence-corrected chi connectivity index (χ2v) is 5.02. The number of nitrogens with zero attached hydrogens (tertiary/aromatic N) is 2. The molecule has 1 fully saturated rings. The van der Waals surface area contributed by atoms with Gasteiger partial charge in [0.1, 0.15) is 0 Å². The van der Waals surface area contributed by atoms with Gasteiger partial charge < -0.3 is 0 Å². The van der Waals surface area contributed by atoms with Gasteiger partial charge in [0.25, 0.3) is 0 Å². The lowest BCUT2D eigenvalue weighted by atomic mass is 10.1. The molecule has 3 heteroatoms. The summed E-state index contributed by atoms with van der Waals surface area (Å²) in [5, 5.41) is 4.80. The van der Waals surface area contributed by atoms with Gasteiger partial charge in [-0.2, -0.15) is 5.12 Å². The first-order valence-corrected chi connectivity index (χ1v) is 5.81. The maximum absolute atomic E-state index is 3.47. The van der Waals surface area contributed by atoms with E-state index in [9.17, 15) is 0 Å². The standard InChI is InChI=1S/C11H25N3/c1-6-10(7-2)14-12-8-9-13(14)11(3,4)5/h10,12H,6-9H2,1-5H3. The highest BCUT2D eigenvalue weighted by atomic mass is 15.8. The highest BCUT2D eigenvalue weighted by molar-refractivity contribution is 4.80. The molecule has 0 aromatic heterocycles. The largest absolute Gasteiger partial charge is 0.240 e. The van der Waals surface area contributed by atoms with Gasteiger partial charge in [0.2, 0.25) is 0 Å². The second kappa shape index (κ2) is 4.60. The van der Waals surface area contributed by atoms with Gasteiger partial charge in [-0.25, -0.2) is 10.4 Å². The molecule has 1 aliphatic rings. The number of hydrazine groups is 2. The third-order valence-electron chi connectivity index (χ3n) is 2.92. The molecule has 1 heterocycles. The van der Waals surface area contributed by atoms with Crippen LogP contribution in [0.5, 0.6) is 0 Å². The van der Waals surface area contributed by atoms with Crippen LogP contribution >= 0.6 is 0 Å². The zero-order chi connectivity index (χ0) is 10.8. The molecule has 84 valence electrons. The van der Waals surface area contributed by atoms with Gasteiger partial charge in [-0.05, 0) is 33.6 Å². The van der Waals surface area contributed by atoms with Gasteiger partial charge in [0.05, 0.1) is 0 Å². The van der Waals surface area contributed by atoms with E-state index in [0.29, 0.717) is 6.04 Å². The Labute approximate surface area is 88.4 Å². The molecule has 1 aliphatic heterocycles. The minimum Gasteiger partial charge on any atom is -0.240 e. The minimum absolute atomic E-state index is 0.228. The van der Waals surface area contributed by atoms with E-state index in [4.69, 9.17) is 0 Å². The van der Waals surface area contributed by atoms with Crippen LogP contribution in [0.4, 0.5) is 0 Å². The lowest BCUT2D eigenvalue weighted by Crippen LogP contribution is -2.55. The molecule has 3 nitrogen and oxygen atoms in total. The third-order valence-corrected chi connectivity index (χ3v) is 2.92. The Morgan fingerprint density at radius 3 is 2.21 bits per heavy atom. The highest BCUT2D eigenvalue weighted by Gasteiger charge is 2.34. The molecule has 0 atom stereocenters. The van der Waals surface area contributed by atoms with Crippen molar-refractivity contribution in [2.75, 3.05) is 13.1 Å². The van der Waals surface area contributed by atoms with E-state index < -0.39 is 0 Å². The van der Waals surface area contributed by atoms with Gasteiger partial charge >= 0.3 is 0 Å². The van der Waals surface area contributed by atoms with Crippen LogP contribution in [0.25, 0.3) is 0 Å². The Hall–Kier alpha value is -0.120. The van der Waals surface area contributed by atoms with Crippen molar-refractivity contribution in [2.45, 2.75) is 59.0 Å². The monoisotopic (exact) mass is 199 g/mol. The normalized spacial score (nSPS) is 21.0. The fourth-order valence-electron chi connectivity index (χ4n) is 2.08. The summed E-state index contributed by atoms with van der Waals surface area (Å²) in [7, 11) is 0. The van der Waals surface area contributed by atoms with Gasteiger partial charge in [0, 0.05) is 24.7 Å². The molecule has 0 aliphatic carbocycles. The predicted molar refractivity (Wildman–Crippen MR) is 60.7 cm³/mol. The maximum Gasteiger partial charge on any atom is 0.0397 e. The summed E-state index contributed by atoms with van der Waals surface area (Å²) >= 11 is 0. The van der Waals surface area contributed by atoms with Crippen molar-refractivity contribution in [3.63, 3.8) is 0 Å². The predicted octanol–water partition coefficient (Wildman–Crippen LogP) is 2.01. The molecule has 0 bridgehead atoms. The first-order valence-electron chi connectivity index (χ1n) is 5.81. The molecule has 0 radical (unpaired) electrons. The van der Waals surface area contributed by atoms with Crippen molar-refractivity contribution >= 4 is 0 Å².